The van der Waals surface area contributed by atoms with Crippen LogP contribution in [0.3, 0.4) is 0 Å². The smallest absolute Gasteiger partial charge is 0.324 e. The standard InChI is InChI=1S/C14H11F3N4OS/c1-8-18-10-3-2-9(6-11(10)23-8)19-13(22)7-21-5-4-12(20-21)14(15,16)17/h2-6H,7H2,1H3,(H,19,22). The summed E-state index contributed by atoms with van der Waals surface area (Å²) in [5.41, 5.74) is 0.383. The third-order valence-corrected chi connectivity index (χ3v) is 3.95. The highest BCUT2D eigenvalue weighted by Gasteiger charge is 2.33. The molecule has 0 fully saturated rings. The van der Waals surface area contributed by atoms with E-state index in [4.69, 9.17) is 0 Å². The van der Waals surface area contributed by atoms with E-state index in [-0.39, 0.29) is 6.54 Å². The number of carbonyl (C=O) groups excluding carboxylic acids is 1. The summed E-state index contributed by atoms with van der Waals surface area (Å²) in [7, 11) is 0. The first kappa shape index (κ1) is 15.5. The molecule has 3 rings (SSSR count). The van der Waals surface area contributed by atoms with E-state index in [1.165, 1.54) is 11.3 Å². The predicted molar refractivity (Wildman–Crippen MR) is 80.2 cm³/mol. The number of anilines is 1. The number of hydrogen-bond donors (Lipinski definition) is 1. The van der Waals surface area contributed by atoms with Crippen LogP contribution in [0.2, 0.25) is 0 Å². The third-order valence-electron chi connectivity index (χ3n) is 3.02. The maximum Gasteiger partial charge on any atom is 0.435 e. The Bertz CT molecular complexity index is 868. The van der Waals surface area contributed by atoms with Crippen LogP contribution in [0.25, 0.3) is 10.2 Å². The first-order chi connectivity index (χ1) is 10.8. The van der Waals surface area contributed by atoms with Crippen LogP contribution < -0.4 is 5.32 Å². The zero-order valence-corrected chi connectivity index (χ0v) is 12.7. The summed E-state index contributed by atoms with van der Waals surface area (Å²) in [6, 6.07) is 6.09. The molecular weight excluding hydrogens is 329 g/mol. The molecule has 23 heavy (non-hydrogen) atoms. The minimum absolute atomic E-state index is 0.296. The Balaban J connectivity index is 1.69. The number of hydrogen-bond acceptors (Lipinski definition) is 4. The molecule has 0 atom stereocenters. The highest BCUT2D eigenvalue weighted by Crippen LogP contribution is 2.27. The number of nitrogens with zero attached hydrogens (tertiary/aromatic N) is 3. The van der Waals surface area contributed by atoms with Crippen molar-refractivity contribution in [1.82, 2.24) is 14.8 Å². The Hall–Kier alpha value is -2.42. The molecule has 2 heterocycles. The van der Waals surface area contributed by atoms with Gasteiger partial charge in [-0.25, -0.2) is 4.98 Å². The largest absolute Gasteiger partial charge is 0.435 e. The normalized spacial score (nSPS) is 11.8. The first-order valence-electron chi connectivity index (χ1n) is 6.59. The molecule has 0 unspecified atom stereocenters. The van der Waals surface area contributed by atoms with Crippen LogP contribution in [-0.4, -0.2) is 20.7 Å². The number of halogens is 3. The van der Waals surface area contributed by atoms with E-state index in [1.807, 2.05) is 6.92 Å². The molecule has 1 N–H and O–H groups in total. The maximum atomic E-state index is 12.5. The van der Waals surface area contributed by atoms with Crippen LogP contribution in [-0.2, 0) is 17.5 Å². The molecule has 120 valence electrons. The lowest BCUT2D eigenvalue weighted by molar-refractivity contribution is -0.141. The first-order valence-corrected chi connectivity index (χ1v) is 7.40. The molecule has 0 aliphatic carbocycles. The zero-order chi connectivity index (χ0) is 16.6. The van der Waals surface area contributed by atoms with Crippen molar-refractivity contribution in [2.24, 2.45) is 0 Å². The number of nitrogens with one attached hydrogen (secondary N) is 1. The van der Waals surface area contributed by atoms with Gasteiger partial charge in [0.2, 0.25) is 5.91 Å². The zero-order valence-electron chi connectivity index (χ0n) is 11.9. The van der Waals surface area contributed by atoms with Gasteiger partial charge in [-0.2, -0.15) is 18.3 Å². The summed E-state index contributed by atoms with van der Waals surface area (Å²) >= 11 is 1.50. The number of thiazole rings is 1. The van der Waals surface area contributed by atoms with Gasteiger partial charge in [0.25, 0.3) is 0 Å². The maximum absolute atomic E-state index is 12.5. The van der Waals surface area contributed by atoms with E-state index in [1.54, 1.807) is 18.2 Å². The van der Waals surface area contributed by atoms with Gasteiger partial charge in [0.05, 0.1) is 15.2 Å². The number of alkyl halides is 3. The van der Waals surface area contributed by atoms with E-state index >= 15 is 0 Å². The fourth-order valence-electron chi connectivity index (χ4n) is 2.07. The van der Waals surface area contributed by atoms with Crippen molar-refractivity contribution in [2.45, 2.75) is 19.6 Å². The lowest BCUT2D eigenvalue weighted by Crippen LogP contribution is -2.19. The quantitative estimate of drug-likeness (QED) is 0.794. The summed E-state index contributed by atoms with van der Waals surface area (Å²) in [6.07, 6.45) is -3.39. The van der Waals surface area contributed by atoms with Crippen molar-refractivity contribution in [3.8, 4) is 0 Å². The second-order valence-corrected chi connectivity index (χ2v) is 6.09. The van der Waals surface area contributed by atoms with Crippen LogP contribution in [0.15, 0.2) is 30.5 Å². The fraction of sp³-hybridized carbons (Fsp3) is 0.214. The van der Waals surface area contributed by atoms with Crippen LogP contribution in [0.5, 0.6) is 0 Å². The number of aryl methyl sites for hydroxylation is 1. The molecule has 0 bridgehead atoms. The van der Waals surface area contributed by atoms with Crippen molar-refractivity contribution in [1.29, 1.82) is 0 Å². The Morgan fingerprint density at radius 3 is 2.83 bits per heavy atom. The molecule has 1 amide bonds. The van der Waals surface area contributed by atoms with Gasteiger partial charge in [-0.3, -0.25) is 9.48 Å². The summed E-state index contributed by atoms with van der Waals surface area (Å²) in [4.78, 5) is 16.2. The van der Waals surface area contributed by atoms with Gasteiger partial charge in [0.1, 0.15) is 6.54 Å². The lowest BCUT2D eigenvalue weighted by Gasteiger charge is -2.06. The Morgan fingerprint density at radius 1 is 1.35 bits per heavy atom. The monoisotopic (exact) mass is 340 g/mol. The van der Waals surface area contributed by atoms with E-state index in [9.17, 15) is 18.0 Å². The average molecular weight is 340 g/mol. The molecule has 0 radical (unpaired) electrons. The Kier molecular flexibility index (Phi) is 3.80. The van der Waals surface area contributed by atoms with Crippen molar-refractivity contribution in [2.75, 3.05) is 5.32 Å². The third kappa shape index (κ3) is 3.50. The molecule has 0 saturated carbocycles. The summed E-state index contributed by atoms with van der Waals surface area (Å²) in [6.45, 7) is 1.59. The van der Waals surface area contributed by atoms with E-state index in [2.05, 4.69) is 15.4 Å². The van der Waals surface area contributed by atoms with Crippen molar-refractivity contribution < 1.29 is 18.0 Å². The second kappa shape index (κ2) is 5.65. The van der Waals surface area contributed by atoms with Gasteiger partial charge in [0, 0.05) is 11.9 Å². The van der Waals surface area contributed by atoms with Crippen LogP contribution >= 0.6 is 11.3 Å². The number of benzene rings is 1. The molecule has 0 aliphatic rings. The van der Waals surface area contributed by atoms with E-state index in [0.717, 1.165) is 32.2 Å². The van der Waals surface area contributed by atoms with Crippen LogP contribution in [0.1, 0.15) is 10.7 Å². The molecule has 5 nitrogen and oxygen atoms in total. The number of carbonyl (C=O) groups is 1. The van der Waals surface area contributed by atoms with Crippen molar-refractivity contribution in [3.63, 3.8) is 0 Å². The van der Waals surface area contributed by atoms with Gasteiger partial charge in [-0.15, -0.1) is 11.3 Å². The average Bonchev–Trinajstić information content (AvgIpc) is 3.03. The summed E-state index contributed by atoms with van der Waals surface area (Å²) in [5, 5.41) is 6.89. The van der Waals surface area contributed by atoms with Crippen molar-refractivity contribution in [3.05, 3.63) is 41.2 Å². The molecule has 9 heteroatoms. The summed E-state index contributed by atoms with van der Waals surface area (Å²) in [5.74, 6) is -0.456. The topological polar surface area (TPSA) is 59.8 Å². The predicted octanol–water partition coefficient (Wildman–Crippen LogP) is 3.46. The number of amides is 1. The second-order valence-electron chi connectivity index (χ2n) is 4.86. The van der Waals surface area contributed by atoms with E-state index in [0.29, 0.717) is 5.69 Å². The van der Waals surface area contributed by atoms with Crippen LogP contribution in [0.4, 0.5) is 18.9 Å². The van der Waals surface area contributed by atoms with Gasteiger partial charge in [-0.1, -0.05) is 0 Å². The highest BCUT2D eigenvalue weighted by molar-refractivity contribution is 7.18. The van der Waals surface area contributed by atoms with Gasteiger partial charge < -0.3 is 5.32 Å². The Morgan fingerprint density at radius 2 is 2.13 bits per heavy atom. The fourth-order valence-corrected chi connectivity index (χ4v) is 2.93. The van der Waals surface area contributed by atoms with Gasteiger partial charge >= 0.3 is 6.18 Å². The molecule has 3 aromatic rings. The summed E-state index contributed by atoms with van der Waals surface area (Å²) < 4.78 is 39.2. The molecule has 0 saturated heterocycles. The number of rotatable bonds is 3. The molecule has 0 aliphatic heterocycles. The van der Waals surface area contributed by atoms with Crippen LogP contribution in [0, 0.1) is 6.92 Å². The molecule has 0 spiro atoms. The lowest BCUT2D eigenvalue weighted by atomic mass is 10.3. The number of fused-ring (bicyclic) bond motifs is 1. The number of aromatic nitrogens is 3. The minimum Gasteiger partial charge on any atom is -0.324 e. The molecule has 1 aromatic carbocycles. The minimum atomic E-state index is -4.52. The Labute approximate surface area is 132 Å². The highest BCUT2D eigenvalue weighted by atomic mass is 32.1. The van der Waals surface area contributed by atoms with Gasteiger partial charge in [-0.05, 0) is 31.2 Å². The van der Waals surface area contributed by atoms with E-state index < -0.39 is 17.8 Å². The molecular formula is C14H11F3N4OS. The SMILES string of the molecule is Cc1nc2ccc(NC(=O)Cn3ccc(C(F)(F)F)n3)cc2s1. The molecule has 2 aromatic heterocycles. The van der Waals surface area contributed by atoms with Gasteiger partial charge in [0.15, 0.2) is 5.69 Å². The van der Waals surface area contributed by atoms with Crippen molar-refractivity contribution >= 4 is 33.1 Å².